The highest BCUT2D eigenvalue weighted by atomic mass is 32.2. The molecular formula is C13H13F4NOS. The Balaban J connectivity index is 2.08. The molecule has 0 aromatic heterocycles. The van der Waals surface area contributed by atoms with Crippen LogP contribution in [-0.4, -0.2) is 23.5 Å². The molecule has 1 fully saturated rings. The van der Waals surface area contributed by atoms with Crippen LogP contribution in [0.5, 0.6) is 0 Å². The van der Waals surface area contributed by atoms with Gasteiger partial charge in [0, 0.05) is 11.8 Å². The van der Waals surface area contributed by atoms with Crippen LogP contribution in [-0.2, 0) is 6.18 Å². The van der Waals surface area contributed by atoms with E-state index in [0.29, 0.717) is 24.7 Å². The van der Waals surface area contributed by atoms with E-state index in [1.807, 2.05) is 0 Å². The second kappa shape index (κ2) is 6.03. The molecule has 1 aliphatic rings. The molecule has 2 nitrogen and oxygen atoms in total. The average molecular weight is 307 g/mol. The fraction of sp³-hybridized carbons (Fsp3) is 0.462. The van der Waals surface area contributed by atoms with Gasteiger partial charge in [-0.3, -0.25) is 4.79 Å². The molecule has 1 atom stereocenters. The standard InChI is InChI=1S/C13H13F4NOS/c14-11-4-3-8(13(15,16)17)6-10(11)12(19)18-7-9-2-1-5-20-9/h3-4,6,9H,1-2,5,7H2,(H,18,19). The Morgan fingerprint density at radius 1 is 1.40 bits per heavy atom. The molecule has 1 aromatic carbocycles. The van der Waals surface area contributed by atoms with Crippen LogP contribution in [0.4, 0.5) is 17.6 Å². The van der Waals surface area contributed by atoms with E-state index in [0.717, 1.165) is 18.6 Å². The summed E-state index contributed by atoms with van der Waals surface area (Å²) in [4.78, 5) is 11.8. The maximum atomic E-state index is 13.5. The number of hydrogen-bond acceptors (Lipinski definition) is 2. The molecule has 1 saturated heterocycles. The summed E-state index contributed by atoms with van der Waals surface area (Å²) in [6.45, 7) is 0.346. The zero-order valence-electron chi connectivity index (χ0n) is 10.5. The minimum absolute atomic E-state index is 0.257. The quantitative estimate of drug-likeness (QED) is 0.866. The third-order valence-electron chi connectivity index (χ3n) is 3.05. The highest BCUT2D eigenvalue weighted by Crippen LogP contribution is 2.30. The molecule has 0 saturated carbocycles. The number of thioether (sulfide) groups is 1. The van der Waals surface area contributed by atoms with Gasteiger partial charge in [-0.15, -0.1) is 0 Å². The molecule has 1 aromatic rings. The van der Waals surface area contributed by atoms with Crippen molar-refractivity contribution in [1.29, 1.82) is 0 Å². The number of nitrogens with one attached hydrogen (secondary N) is 1. The Hall–Kier alpha value is -1.24. The second-order valence-corrected chi connectivity index (χ2v) is 5.95. The SMILES string of the molecule is O=C(NCC1CCCS1)c1cc(C(F)(F)F)ccc1F. The van der Waals surface area contributed by atoms with Gasteiger partial charge in [0.15, 0.2) is 0 Å². The Bertz CT molecular complexity index is 498. The van der Waals surface area contributed by atoms with Crippen molar-refractivity contribution in [2.45, 2.75) is 24.3 Å². The van der Waals surface area contributed by atoms with Gasteiger partial charge in [-0.05, 0) is 36.8 Å². The summed E-state index contributed by atoms with van der Waals surface area (Å²) in [5.41, 5.74) is -1.60. The lowest BCUT2D eigenvalue weighted by Gasteiger charge is -2.12. The number of rotatable bonds is 3. The van der Waals surface area contributed by atoms with Gasteiger partial charge in [-0.2, -0.15) is 24.9 Å². The van der Waals surface area contributed by atoms with Crippen molar-refractivity contribution >= 4 is 17.7 Å². The van der Waals surface area contributed by atoms with E-state index in [9.17, 15) is 22.4 Å². The first-order valence-electron chi connectivity index (χ1n) is 6.14. The molecule has 0 spiro atoms. The van der Waals surface area contributed by atoms with E-state index in [4.69, 9.17) is 0 Å². The normalized spacial score (nSPS) is 19.1. The Morgan fingerprint density at radius 2 is 2.15 bits per heavy atom. The van der Waals surface area contributed by atoms with Gasteiger partial charge in [0.1, 0.15) is 5.82 Å². The first-order chi connectivity index (χ1) is 9.38. The fourth-order valence-electron chi connectivity index (χ4n) is 1.98. The predicted octanol–water partition coefficient (Wildman–Crippen LogP) is 3.47. The van der Waals surface area contributed by atoms with Crippen molar-refractivity contribution in [3.63, 3.8) is 0 Å². The third-order valence-corrected chi connectivity index (χ3v) is 4.45. The number of benzene rings is 1. The van der Waals surface area contributed by atoms with E-state index in [1.54, 1.807) is 11.8 Å². The van der Waals surface area contributed by atoms with Crippen molar-refractivity contribution in [1.82, 2.24) is 5.32 Å². The lowest BCUT2D eigenvalue weighted by Crippen LogP contribution is -2.30. The van der Waals surface area contributed by atoms with Crippen LogP contribution in [0, 0.1) is 5.82 Å². The smallest absolute Gasteiger partial charge is 0.351 e. The van der Waals surface area contributed by atoms with Crippen molar-refractivity contribution in [3.05, 3.63) is 35.1 Å². The molecular weight excluding hydrogens is 294 g/mol. The molecule has 1 heterocycles. The number of carbonyl (C=O) groups excluding carboxylic acids is 1. The van der Waals surface area contributed by atoms with Crippen LogP contribution >= 0.6 is 11.8 Å². The molecule has 0 aliphatic carbocycles. The Labute approximate surface area is 117 Å². The van der Waals surface area contributed by atoms with Gasteiger partial charge in [-0.1, -0.05) is 0 Å². The van der Waals surface area contributed by atoms with Crippen molar-refractivity contribution < 1.29 is 22.4 Å². The topological polar surface area (TPSA) is 29.1 Å². The van der Waals surface area contributed by atoms with Gasteiger partial charge in [0.25, 0.3) is 5.91 Å². The second-order valence-electron chi connectivity index (χ2n) is 4.54. The molecule has 0 bridgehead atoms. The summed E-state index contributed by atoms with van der Waals surface area (Å²) < 4.78 is 51.1. The molecule has 1 N–H and O–H groups in total. The first-order valence-corrected chi connectivity index (χ1v) is 7.19. The maximum Gasteiger partial charge on any atom is 0.416 e. The third kappa shape index (κ3) is 3.65. The van der Waals surface area contributed by atoms with Gasteiger partial charge >= 0.3 is 6.18 Å². The largest absolute Gasteiger partial charge is 0.416 e. The van der Waals surface area contributed by atoms with Crippen LogP contribution < -0.4 is 5.32 Å². The van der Waals surface area contributed by atoms with Crippen LogP contribution in [0.3, 0.4) is 0 Å². The van der Waals surface area contributed by atoms with Crippen LogP contribution in [0.25, 0.3) is 0 Å². The minimum atomic E-state index is -4.59. The van der Waals surface area contributed by atoms with Gasteiger partial charge in [-0.25, -0.2) is 4.39 Å². The number of alkyl halides is 3. The van der Waals surface area contributed by atoms with Crippen LogP contribution in [0.1, 0.15) is 28.8 Å². The minimum Gasteiger partial charge on any atom is -0.351 e. The summed E-state index contributed by atoms with van der Waals surface area (Å²) in [6.07, 6.45) is -2.58. The van der Waals surface area contributed by atoms with Crippen LogP contribution in [0.2, 0.25) is 0 Å². The van der Waals surface area contributed by atoms with E-state index in [-0.39, 0.29) is 5.25 Å². The molecule has 1 amide bonds. The van der Waals surface area contributed by atoms with Crippen molar-refractivity contribution in [2.75, 3.05) is 12.3 Å². The fourth-order valence-corrected chi connectivity index (χ4v) is 3.18. The predicted molar refractivity (Wildman–Crippen MR) is 69.2 cm³/mol. The number of hydrogen-bond donors (Lipinski definition) is 1. The van der Waals surface area contributed by atoms with Gasteiger partial charge in [0.2, 0.25) is 0 Å². The first kappa shape index (κ1) is 15.2. The molecule has 1 aliphatic heterocycles. The van der Waals surface area contributed by atoms with Gasteiger partial charge in [0.05, 0.1) is 11.1 Å². The highest BCUT2D eigenvalue weighted by Gasteiger charge is 2.32. The molecule has 2 rings (SSSR count). The molecule has 7 heteroatoms. The monoisotopic (exact) mass is 307 g/mol. The van der Waals surface area contributed by atoms with E-state index in [2.05, 4.69) is 5.32 Å². The van der Waals surface area contributed by atoms with Crippen molar-refractivity contribution in [3.8, 4) is 0 Å². The molecule has 0 radical (unpaired) electrons. The summed E-state index contributed by atoms with van der Waals surface area (Å²) in [5, 5.41) is 2.75. The molecule has 110 valence electrons. The zero-order valence-corrected chi connectivity index (χ0v) is 11.3. The van der Waals surface area contributed by atoms with Crippen molar-refractivity contribution in [2.24, 2.45) is 0 Å². The Morgan fingerprint density at radius 3 is 2.75 bits per heavy atom. The molecule has 20 heavy (non-hydrogen) atoms. The molecule has 1 unspecified atom stereocenters. The Kier molecular flexibility index (Phi) is 4.57. The average Bonchev–Trinajstić information content (AvgIpc) is 2.88. The van der Waals surface area contributed by atoms with Crippen LogP contribution in [0.15, 0.2) is 18.2 Å². The van der Waals surface area contributed by atoms with E-state index < -0.39 is 29.0 Å². The van der Waals surface area contributed by atoms with Gasteiger partial charge < -0.3 is 5.32 Å². The van der Waals surface area contributed by atoms with E-state index >= 15 is 0 Å². The lowest BCUT2D eigenvalue weighted by atomic mass is 10.1. The number of carbonyl (C=O) groups is 1. The summed E-state index contributed by atoms with van der Waals surface area (Å²) in [6, 6.07) is 1.84. The van der Waals surface area contributed by atoms with E-state index in [1.165, 1.54) is 0 Å². The maximum absolute atomic E-state index is 13.5. The summed E-state index contributed by atoms with van der Waals surface area (Å²) in [7, 11) is 0. The lowest BCUT2D eigenvalue weighted by molar-refractivity contribution is -0.137. The summed E-state index contributed by atoms with van der Waals surface area (Å²) in [5.74, 6) is -0.742. The summed E-state index contributed by atoms with van der Waals surface area (Å²) >= 11 is 1.70. The highest BCUT2D eigenvalue weighted by molar-refractivity contribution is 8.00. The number of halogens is 4. The zero-order chi connectivity index (χ0) is 14.8. The number of amides is 1.